The van der Waals surface area contributed by atoms with E-state index in [4.69, 9.17) is 4.42 Å². The maximum atomic E-state index is 10.7. The molecule has 0 radical (unpaired) electrons. The topological polar surface area (TPSA) is 33.4 Å². The van der Waals surface area contributed by atoms with E-state index in [1.807, 2.05) is 44.2 Å². The molecule has 1 N–H and O–H groups in total. The van der Waals surface area contributed by atoms with Crippen molar-refractivity contribution in [2.24, 2.45) is 0 Å². The number of phenols is 1. The van der Waals surface area contributed by atoms with Crippen molar-refractivity contribution in [3.8, 4) is 16.9 Å². The van der Waals surface area contributed by atoms with E-state index in [0.29, 0.717) is 5.58 Å². The lowest BCUT2D eigenvalue weighted by Gasteiger charge is -2.13. The van der Waals surface area contributed by atoms with E-state index in [1.165, 1.54) is 5.56 Å². The molecule has 20 heavy (non-hydrogen) atoms. The van der Waals surface area contributed by atoms with Crippen LogP contribution < -0.4 is 0 Å². The van der Waals surface area contributed by atoms with E-state index < -0.39 is 0 Å². The van der Waals surface area contributed by atoms with Gasteiger partial charge in [-0.1, -0.05) is 30.3 Å². The fraction of sp³-hybridized carbons (Fsp3) is 0.222. The Kier molecular flexibility index (Phi) is 2.82. The molecule has 0 saturated heterocycles. The maximum absolute atomic E-state index is 10.7. The summed E-state index contributed by atoms with van der Waals surface area (Å²) in [5.74, 6) is 1.11. The molecule has 0 aliphatic rings. The van der Waals surface area contributed by atoms with Crippen molar-refractivity contribution >= 4 is 11.0 Å². The fourth-order valence-corrected chi connectivity index (χ4v) is 2.87. The molecule has 0 amide bonds. The first kappa shape index (κ1) is 12.8. The first-order chi connectivity index (χ1) is 9.52. The highest BCUT2D eigenvalue weighted by atomic mass is 16.4. The first-order valence-electron chi connectivity index (χ1n) is 6.79. The number of hydrogen-bond acceptors (Lipinski definition) is 2. The van der Waals surface area contributed by atoms with Crippen LogP contribution in [-0.2, 0) is 0 Å². The van der Waals surface area contributed by atoms with Crippen LogP contribution in [0.25, 0.3) is 22.1 Å². The number of fused-ring (bicyclic) bond motifs is 1. The van der Waals surface area contributed by atoms with Crippen molar-refractivity contribution in [2.45, 2.75) is 27.7 Å². The SMILES string of the molecule is Cc1oc2c(O)c(-c3ccccc3)c(C)c(C)c2c1C. The Morgan fingerprint density at radius 3 is 2.15 bits per heavy atom. The summed E-state index contributed by atoms with van der Waals surface area (Å²) >= 11 is 0. The second-order valence-corrected chi connectivity index (χ2v) is 5.33. The van der Waals surface area contributed by atoms with Crippen LogP contribution in [-0.4, -0.2) is 5.11 Å². The van der Waals surface area contributed by atoms with Gasteiger partial charge in [-0.2, -0.15) is 0 Å². The molecule has 102 valence electrons. The van der Waals surface area contributed by atoms with Crippen LogP contribution >= 0.6 is 0 Å². The van der Waals surface area contributed by atoms with E-state index >= 15 is 0 Å². The van der Waals surface area contributed by atoms with Crippen LogP contribution in [0.15, 0.2) is 34.7 Å². The summed E-state index contributed by atoms with van der Waals surface area (Å²) in [7, 11) is 0. The lowest BCUT2D eigenvalue weighted by atomic mass is 9.92. The lowest BCUT2D eigenvalue weighted by Crippen LogP contribution is -1.91. The quantitative estimate of drug-likeness (QED) is 0.669. The Morgan fingerprint density at radius 2 is 1.50 bits per heavy atom. The van der Waals surface area contributed by atoms with E-state index in [9.17, 15) is 5.11 Å². The lowest BCUT2D eigenvalue weighted by molar-refractivity contribution is 0.462. The van der Waals surface area contributed by atoms with Crippen LogP contribution in [0.5, 0.6) is 5.75 Å². The molecule has 0 aliphatic heterocycles. The zero-order valence-corrected chi connectivity index (χ0v) is 12.2. The standard InChI is InChI=1S/C18H18O2/c1-10-11(2)16(14-8-6-5-7-9-14)17(19)18-15(10)12(3)13(4)20-18/h5-9,19H,1-4H3. The summed E-state index contributed by atoms with van der Waals surface area (Å²) in [6.45, 7) is 8.12. The number of rotatable bonds is 1. The number of hydrogen-bond donors (Lipinski definition) is 1. The predicted molar refractivity (Wildman–Crippen MR) is 82.3 cm³/mol. The third kappa shape index (κ3) is 1.64. The summed E-state index contributed by atoms with van der Waals surface area (Å²) in [5, 5.41) is 11.7. The number of benzene rings is 2. The molecule has 2 aromatic carbocycles. The highest BCUT2D eigenvalue weighted by Crippen LogP contribution is 2.43. The number of aromatic hydroxyl groups is 1. The van der Waals surface area contributed by atoms with Gasteiger partial charge < -0.3 is 9.52 Å². The molecular formula is C18H18O2. The zero-order chi connectivity index (χ0) is 14.4. The summed E-state index contributed by atoms with van der Waals surface area (Å²) in [5.41, 5.74) is 5.86. The monoisotopic (exact) mass is 266 g/mol. The Hall–Kier alpha value is -2.22. The number of phenolic OH excluding ortho intramolecular Hbond substituents is 1. The van der Waals surface area contributed by atoms with Crippen molar-refractivity contribution in [3.63, 3.8) is 0 Å². The summed E-state index contributed by atoms with van der Waals surface area (Å²) < 4.78 is 5.78. The van der Waals surface area contributed by atoms with Gasteiger partial charge in [0.25, 0.3) is 0 Å². The van der Waals surface area contributed by atoms with Crippen molar-refractivity contribution in [1.29, 1.82) is 0 Å². The van der Waals surface area contributed by atoms with Gasteiger partial charge in [0.05, 0.1) is 0 Å². The van der Waals surface area contributed by atoms with Crippen molar-refractivity contribution in [3.05, 3.63) is 52.8 Å². The zero-order valence-electron chi connectivity index (χ0n) is 12.2. The molecule has 0 fully saturated rings. The van der Waals surface area contributed by atoms with Gasteiger partial charge in [-0.25, -0.2) is 0 Å². The molecule has 1 heterocycles. The minimum Gasteiger partial charge on any atom is -0.504 e. The predicted octanol–water partition coefficient (Wildman–Crippen LogP) is 5.04. The van der Waals surface area contributed by atoms with Gasteiger partial charge in [-0.05, 0) is 49.9 Å². The van der Waals surface area contributed by atoms with Crippen LogP contribution in [0.2, 0.25) is 0 Å². The normalized spacial score (nSPS) is 11.2. The molecule has 0 spiro atoms. The highest BCUT2D eigenvalue weighted by molar-refractivity contribution is 5.97. The molecular weight excluding hydrogens is 248 g/mol. The van der Waals surface area contributed by atoms with Gasteiger partial charge >= 0.3 is 0 Å². The summed E-state index contributed by atoms with van der Waals surface area (Å²) in [4.78, 5) is 0. The largest absolute Gasteiger partial charge is 0.504 e. The van der Waals surface area contributed by atoms with Crippen LogP contribution in [0.1, 0.15) is 22.5 Å². The van der Waals surface area contributed by atoms with Crippen LogP contribution in [0.3, 0.4) is 0 Å². The second-order valence-electron chi connectivity index (χ2n) is 5.33. The Labute approximate surface area is 118 Å². The van der Waals surface area contributed by atoms with E-state index in [1.54, 1.807) is 0 Å². The first-order valence-corrected chi connectivity index (χ1v) is 6.79. The molecule has 0 aliphatic carbocycles. The maximum Gasteiger partial charge on any atom is 0.177 e. The van der Waals surface area contributed by atoms with E-state index in [0.717, 1.165) is 33.4 Å². The van der Waals surface area contributed by atoms with Crippen LogP contribution in [0, 0.1) is 27.7 Å². The average Bonchev–Trinajstić information content (AvgIpc) is 2.75. The third-order valence-corrected chi connectivity index (χ3v) is 4.21. The minimum atomic E-state index is 0.241. The molecule has 3 rings (SSSR count). The molecule has 0 saturated carbocycles. The molecule has 2 heteroatoms. The van der Waals surface area contributed by atoms with Gasteiger partial charge in [0.15, 0.2) is 11.3 Å². The highest BCUT2D eigenvalue weighted by Gasteiger charge is 2.20. The molecule has 0 bridgehead atoms. The smallest absolute Gasteiger partial charge is 0.177 e. The fourth-order valence-electron chi connectivity index (χ4n) is 2.87. The average molecular weight is 266 g/mol. The Bertz CT molecular complexity index is 796. The molecule has 3 aromatic rings. The third-order valence-electron chi connectivity index (χ3n) is 4.21. The molecule has 1 aromatic heterocycles. The summed E-state index contributed by atoms with van der Waals surface area (Å²) in [6.07, 6.45) is 0. The Balaban J connectivity index is 2.46. The minimum absolute atomic E-state index is 0.241. The molecule has 2 nitrogen and oxygen atoms in total. The number of furan rings is 1. The van der Waals surface area contributed by atoms with Crippen molar-refractivity contribution in [1.82, 2.24) is 0 Å². The van der Waals surface area contributed by atoms with Crippen molar-refractivity contribution in [2.75, 3.05) is 0 Å². The van der Waals surface area contributed by atoms with Crippen LogP contribution in [0.4, 0.5) is 0 Å². The van der Waals surface area contributed by atoms with Gasteiger partial charge in [0.1, 0.15) is 5.76 Å². The van der Waals surface area contributed by atoms with Gasteiger partial charge in [0.2, 0.25) is 0 Å². The summed E-state index contributed by atoms with van der Waals surface area (Å²) in [6, 6.07) is 9.95. The number of aryl methyl sites for hydroxylation is 3. The van der Waals surface area contributed by atoms with Gasteiger partial charge in [-0.3, -0.25) is 0 Å². The van der Waals surface area contributed by atoms with Crippen molar-refractivity contribution < 1.29 is 9.52 Å². The molecule has 0 unspecified atom stereocenters. The van der Waals surface area contributed by atoms with E-state index in [2.05, 4.69) is 13.8 Å². The van der Waals surface area contributed by atoms with Gasteiger partial charge in [-0.15, -0.1) is 0 Å². The second kappa shape index (κ2) is 4.41. The molecule has 0 atom stereocenters. The Morgan fingerprint density at radius 1 is 0.850 bits per heavy atom. The van der Waals surface area contributed by atoms with Gasteiger partial charge in [0, 0.05) is 10.9 Å². The van der Waals surface area contributed by atoms with E-state index in [-0.39, 0.29) is 5.75 Å².